The minimum absolute atomic E-state index is 0.0427. The highest BCUT2D eigenvalue weighted by atomic mass is 16.5. The van der Waals surface area contributed by atoms with Gasteiger partial charge in [0.25, 0.3) is 0 Å². The number of fused-ring (bicyclic) bond motifs is 1. The molecule has 136 valence electrons. The number of benzene rings is 2. The number of esters is 1. The normalized spacial score (nSPS) is 15.8. The van der Waals surface area contributed by atoms with Gasteiger partial charge in [0.1, 0.15) is 11.5 Å². The van der Waals surface area contributed by atoms with Crippen LogP contribution < -0.4 is 14.2 Å². The number of carbonyl (C=O) groups is 2. The topological polar surface area (TPSA) is 102 Å². The van der Waals surface area contributed by atoms with E-state index in [1.54, 1.807) is 12.1 Å². The number of hydrogen-bond donors (Lipinski definition) is 2. The van der Waals surface area contributed by atoms with Gasteiger partial charge in [-0.25, -0.2) is 0 Å². The van der Waals surface area contributed by atoms with Gasteiger partial charge >= 0.3 is 5.97 Å². The first-order valence-corrected chi connectivity index (χ1v) is 7.89. The van der Waals surface area contributed by atoms with Crippen LogP contribution in [0.2, 0.25) is 0 Å². The van der Waals surface area contributed by atoms with Crippen molar-refractivity contribution in [3.63, 3.8) is 0 Å². The summed E-state index contributed by atoms with van der Waals surface area (Å²) in [4.78, 5) is 23.8. The van der Waals surface area contributed by atoms with Crippen molar-refractivity contribution in [1.82, 2.24) is 0 Å². The lowest BCUT2D eigenvalue weighted by Crippen LogP contribution is -2.21. The maximum absolute atomic E-state index is 12.0. The van der Waals surface area contributed by atoms with Crippen molar-refractivity contribution in [3.05, 3.63) is 41.0 Å². The average Bonchev–Trinajstić information content (AvgIpc) is 2.61. The van der Waals surface area contributed by atoms with Crippen molar-refractivity contribution >= 4 is 11.8 Å². The monoisotopic (exact) mass is 358 g/mol. The summed E-state index contributed by atoms with van der Waals surface area (Å²) in [6.45, 7) is 1.35. The molecule has 2 aromatic rings. The molecule has 1 aliphatic rings. The molecule has 1 heterocycles. The smallest absolute Gasteiger partial charge is 0.312 e. The van der Waals surface area contributed by atoms with E-state index in [9.17, 15) is 19.8 Å². The first-order chi connectivity index (χ1) is 12.4. The number of methoxy groups -OCH3 is 2. The molecule has 1 aliphatic heterocycles. The van der Waals surface area contributed by atoms with E-state index in [1.165, 1.54) is 33.3 Å². The third-order valence-corrected chi connectivity index (χ3v) is 4.40. The van der Waals surface area contributed by atoms with Crippen molar-refractivity contribution in [2.45, 2.75) is 19.3 Å². The number of aromatic hydroxyl groups is 2. The van der Waals surface area contributed by atoms with E-state index >= 15 is 0 Å². The van der Waals surface area contributed by atoms with Crippen LogP contribution in [0.4, 0.5) is 0 Å². The molecule has 2 N–H and O–H groups in total. The van der Waals surface area contributed by atoms with Gasteiger partial charge in [-0.15, -0.1) is 0 Å². The van der Waals surface area contributed by atoms with Gasteiger partial charge in [0.05, 0.1) is 26.2 Å². The lowest BCUT2D eigenvalue weighted by Gasteiger charge is -2.27. The van der Waals surface area contributed by atoms with Gasteiger partial charge in [-0.05, 0) is 36.8 Å². The van der Waals surface area contributed by atoms with Gasteiger partial charge in [-0.2, -0.15) is 0 Å². The number of Topliss-reactive ketones (excluding diaryl/α,β-unsaturated/α-hetero) is 1. The predicted molar refractivity (Wildman–Crippen MR) is 91.4 cm³/mol. The highest BCUT2D eigenvalue weighted by Gasteiger charge is 2.33. The zero-order valence-electron chi connectivity index (χ0n) is 14.5. The van der Waals surface area contributed by atoms with Crippen molar-refractivity contribution in [3.8, 4) is 28.7 Å². The van der Waals surface area contributed by atoms with Gasteiger partial charge in [-0.1, -0.05) is 0 Å². The van der Waals surface area contributed by atoms with E-state index in [0.717, 1.165) is 0 Å². The molecule has 7 nitrogen and oxygen atoms in total. The summed E-state index contributed by atoms with van der Waals surface area (Å²) in [5.41, 5.74) is 1.06. The number of rotatable bonds is 4. The molecule has 1 atom stereocenters. The highest BCUT2D eigenvalue weighted by Crippen LogP contribution is 2.48. The standard InChI is InChI=1S/C19H18O7/c1-9(20)11-4-5-13-17(18(11)22)12(8-16(21)26-13)10-6-14(24-2)19(23)15(7-10)25-3/h4-7,12,22-23H,8H2,1-3H3. The van der Waals surface area contributed by atoms with Crippen LogP contribution in [0.1, 0.15) is 40.7 Å². The van der Waals surface area contributed by atoms with Crippen LogP contribution in [0.25, 0.3) is 0 Å². The van der Waals surface area contributed by atoms with Crippen LogP contribution in [0.5, 0.6) is 28.7 Å². The van der Waals surface area contributed by atoms with E-state index < -0.39 is 11.9 Å². The molecule has 7 heteroatoms. The zero-order chi connectivity index (χ0) is 19.0. The molecule has 1 unspecified atom stereocenters. The summed E-state index contributed by atoms with van der Waals surface area (Å²) in [6.07, 6.45) is -0.0427. The molecule has 0 amide bonds. The second kappa shape index (κ2) is 6.59. The van der Waals surface area contributed by atoms with E-state index in [0.29, 0.717) is 11.1 Å². The van der Waals surface area contributed by atoms with Crippen LogP contribution in [-0.4, -0.2) is 36.2 Å². The van der Waals surface area contributed by atoms with Gasteiger partial charge in [-0.3, -0.25) is 9.59 Å². The van der Waals surface area contributed by atoms with E-state index in [-0.39, 0.29) is 46.5 Å². The van der Waals surface area contributed by atoms with E-state index in [2.05, 4.69) is 0 Å². The molecule has 0 saturated heterocycles. The first-order valence-electron chi connectivity index (χ1n) is 7.89. The molecule has 2 aromatic carbocycles. The molecule has 0 radical (unpaired) electrons. The van der Waals surface area contributed by atoms with Crippen LogP contribution in [0.3, 0.4) is 0 Å². The van der Waals surface area contributed by atoms with Crippen molar-refractivity contribution in [2.24, 2.45) is 0 Å². The lowest BCUT2D eigenvalue weighted by molar-refractivity contribution is -0.135. The maximum atomic E-state index is 12.0. The average molecular weight is 358 g/mol. The van der Waals surface area contributed by atoms with Crippen molar-refractivity contribution in [1.29, 1.82) is 0 Å². The zero-order valence-corrected chi connectivity index (χ0v) is 14.5. The first kappa shape index (κ1) is 17.6. The van der Waals surface area contributed by atoms with E-state index in [1.807, 2.05) is 0 Å². The van der Waals surface area contributed by atoms with Crippen molar-refractivity contribution in [2.75, 3.05) is 14.2 Å². The lowest BCUT2D eigenvalue weighted by atomic mass is 9.84. The number of phenolic OH excluding ortho intramolecular Hbond substituents is 2. The second-order valence-corrected chi connectivity index (χ2v) is 5.93. The Kier molecular flexibility index (Phi) is 4.46. The highest BCUT2D eigenvalue weighted by molar-refractivity contribution is 5.98. The fourth-order valence-electron chi connectivity index (χ4n) is 3.13. The van der Waals surface area contributed by atoms with Gasteiger partial charge in [0.2, 0.25) is 5.75 Å². The molecule has 0 bridgehead atoms. The molecule has 26 heavy (non-hydrogen) atoms. The van der Waals surface area contributed by atoms with Crippen LogP contribution in [-0.2, 0) is 4.79 Å². The molecular formula is C19H18O7. The predicted octanol–water partition coefficient (Wildman–Crippen LogP) is 2.76. The Morgan fingerprint density at radius 3 is 2.27 bits per heavy atom. The molecule has 0 spiro atoms. The van der Waals surface area contributed by atoms with Crippen LogP contribution in [0.15, 0.2) is 24.3 Å². The Balaban J connectivity index is 2.23. The third-order valence-electron chi connectivity index (χ3n) is 4.40. The molecule has 0 aromatic heterocycles. The molecule has 0 fully saturated rings. The summed E-state index contributed by atoms with van der Waals surface area (Å²) < 4.78 is 15.5. The van der Waals surface area contributed by atoms with Crippen LogP contribution >= 0.6 is 0 Å². The van der Waals surface area contributed by atoms with Gasteiger partial charge in [0, 0.05) is 11.5 Å². The second-order valence-electron chi connectivity index (χ2n) is 5.93. The van der Waals surface area contributed by atoms with Crippen molar-refractivity contribution < 1.29 is 34.0 Å². The Bertz CT molecular complexity index is 876. The molecule has 0 aliphatic carbocycles. The Hall–Kier alpha value is -3.22. The quantitative estimate of drug-likeness (QED) is 0.492. The number of hydrogen-bond acceptors (Lipinski definition) is 7. The van der Waals surface area contributed by atoms with Gasteiger partial charge in [0.15, 0.2) is 17.3 Å². The summed E-state index contributed by atoms with van der Waals surface area (Å²) in [6, 6.07) is 6.03. The van der Waals surface area contributed by atoms with Gasteiger partial charge < -0.3 is 24.4 Å². The third kappa shape index (κ3) is 2.81. The Morgan fingerprint density at radius 2 is 1.73 bits per heavy atom. The minimum atomic E-state index is -0.589. The fourth-order valence-corrected chi connectivity index (χ4v) is 3.13. The fraction of sp³-hybridized carbons (Fsp3) is 0.263. The summed E-state index contributed by atoms with van der Waals surface area (Å²) in [5, 5.41) is 20.7. The maximum Gasteiger partial charge on any atom is 0.312 e. The SMILES string of the molecule is COc1cc(C2CC(=O)Oc3ccc(C(C)=O)c(O)c32)cc(OC)c1O. The number of ketones is 1. The summed E-state index contributed by atoms with van der Waals surface area (Å²) >= 11 is 0. The number of ether oxygens (including phenoxy) is 3. The largest absolute Gasteiger partial charge is 0.507 e. The van der Waals surface area contributed by atoms with Crippen LogP contribution in [0, 0.1) is 0 Å². The van der Waals surface area contributed by atoms with E-state index in [4.69, 9.17) is 14.2 Å². The molecular weight excluding hydrogens is 340 g/mol. The number of phenols is 2. The summed E-state index contributed by atoms with van der Waals surface area (Å²) in [7, 11) is 2.79. The number of carbonyl (C=O) groups excluding carboxylic acids is 2. The Morgan fingerprint density at radius 1 is 1.12 bits per heavy atom. The Labute approximate surface area is 149 Å². The minimum Gasteiger partial charge on any atom is -0.507 e. The molecule has 3 rings (SSSR count). The molecule has 0 saturated carbocycles. The summed E-state index contributed by atoms with van der Waals surface area (Å²) in [5.74, 6) is -1.22.